The maximum atomic E-state index is 11.4. The van der Waals surface area contributed by atoms with Gasteiger partial charge >= 0.3 is 5.97 Å². The number of esters is 1. The van der Waals surface area contributed by atoms with Crippen LogP contribution in [0.4, 0.5) is 0 Å². The van der Waals surface area contributed by atoms with Crippen LogP contribution >= 0.6 is 0 Å². The number of methoxy groups -OCH3 is 1. The van der Waals surface area contributed by atoms with Crippen molar-refractivity contribution in [1.29, 1.82) is 0 Å². The second-order valence-corrected chi connectivity index (χ2v) is 3.63. The van der Waals surface area contributed by atoms with Crippen molar-refractivity contribution in [2.45, 2.75) is 6.92 Å². The number of ether oxygens (including phenoxy) is 2. The summed E-state index contributed by atoms with van der Waals surface area (Å²) in [6.45, 7) is 1.89. The molecule has 1 aromatic carbocycles. The molecule has 0 aromatic heterocycles. The molecule has 0 saturated carbocycles. The molecule has 0 bridgehead atoms. The van der Waals surface area contributed by atoms with Gasteiger partial charge in [0.25, 0.3) is 0 Å². The van der Waals surface area contributed by atoms with Crippen LogP contribution in [0.3, 0.4) is 0 Å². The van der Waals surface area contributed by atoms with Gasteiger partial charge in [-0.25, -0.2) is 0 Å². The van der Waals surface area contributed by atoms with Crippen molar-refractivity contribution in [3.63, 3.8) is 0 Å². The Bertz CT molecular complexity index is 451. The highest BCUT2D eigenvalue weighted by atomic mass is 16.5. The van der Waals surface area contributed by atoms with E-state index < -0.39 is 5.97 Å². The number of hydrogen-bond acceptors (Lipinski definition) is 4. The predicted octanol–water partition coefficient (Wildman–Crippen LogP) is 1.39. The molecule has 5 heteroatoms. The zero-order valence-electron chi connectivity index (χ0n) is 11.0. The van der Waals surface area contributed by atoms with Crippen molar-refractivity contribution in [2.75, 3.05) is 20.3 Å². The molecule has 0 aliphatic rings. The molecular formula is C14H17NO4. The number of amides is 1. The maximum Gasteiger partial charge on any atom is 0.325 e. The molecule has 1 N–H and O–H groups in total. The Balaban J connectivity index is 2.42. The number of rotatable bonds is 6. The molecule has 0 aliphatic heterocycles. The van der Waals surface area contributed by atoms with Crippen molar-refractivity contribution in [3.8, 4) is 5.75 Å². The first-order chi connectivity index (χ1) is 9.15. The standard InChI is InChI=1S/C14H17NO4/c1-3-19-14(17)10-15-13(16)9-6-11-4-7-12(18-2)8-5-11/h4-9H,3,10H2,1-2H3,(H,15,16)/b9-6+. The summed E-state index contributed by atoms with van der Waals surface area (Å²) in [5.74, 6) is -0.0403. The molecule has 0 atom stereocenters. The van der Waals surface area contributed by atoms with Gasteiger partial charge in [0.1, 0.15) is 12.3 Å². The summed E-state index contributed by atoms with van der Waals surface area (Å²) in [5.41, 5.74) is 0.868. The van der Waals surface area contributed by atoms with E-state index in [2.05, 4.69) is 10.1 Å². The van der Waals surface area contributed by atoms with Crippen LogP contribution in [-0.4, -0.2) is 32.1 Å². The highest BCUT2D eigenvalue weighted by molar-refractivity contribution is 5.93. The van der Waals surface area contributed by atoms with E-state index in [-0.39, 0.29) is 12.5 Å². The summed E-state index contributed by atoms with van der Waals surface area (Å²) < 4.78 is 9.72. The molecule has 0 fully saturated rings. The summed E-state index contributed by atoms with van der Waals surface area (Å²) in [6, 6.07) is 7.26. The smallest absolute Gasteiger partial charge is 0.325 e. The van der Waals surface area contributed by atoms with Crippen molar-refractivity contribution in [1.82, 2.24) is 5.32 Å². The quantitative estimate of drug-likeness (QED) is 0.622. The summed E-state index contributed by atoms with van der Waals surface area (Å²) in [7, 11) is 1.59. The van der Waals surface area contributed by atoms with E-state index in [1.807, 2.05) is 12.1 Å². The van der Waals surface area contributed by atoms with Gasteiger partial charge in [0.05, 0.1) is 13.7 Å². The highest BCUT2D eigenvalue weighted by Gasteiger charge is 2.02. The summed E-state index contributed by atoms with van der Waals surface area (Å²) >= 11 is 0. The minimum absolute atomic E-state index is 0.125. The summed E-state index contributed by atoms with van der Waals surface area (Å²) in [6.07, 6.45) is 3.01. The minimum Gasteiger partial charge on any atom is -0.497 e. The van der Waals surface area contributed by atoms with Gasteiger partial charge in [0.2, 0.25) is 5.91 Å². The Morgan fingerprint density at radius 2 is 1.95 bits per heavy atom. The molecule has 0 spiro atoms. The Morgan fingerprint density at radius 1 is 1.26 bits per heavy atom. The largest absolute Gasteiger partial charge is 0.497 e. The predicted molar refractivity (Wildman–Crippen MR) is 71.7 cm³/mol. The van der Waals surface area contributed by atoms with E-state index >= 15 is 0 Å². The second kappa shape index (κ2) is 7.92. The lowest BCUT2D eigenvalue weighted by atomic mass is 10.2. The number of benzene rings is 1. The molecule has 1 aromatic rings. The topological polar surface area (TPSA) is 64.6 Å². The van der Waals surface area contributed by atoms with Crippen molar-refractivity contribution in [3.05, 3.63) is 35.9 Å². The first kappa shape index (κ1) is 14.8. The first-order valence-electron chi connectivity index (χ1n) is 5.91. The first-order valence-corrected chi connectivity index (χ1v) is 5.91. The number of hydrogen-bond donors (Lipinski definition) is 1. The van der Waals surface area contributed by atoms with Crippen LogP contribution in [0.15, 0.2) is 30.3 Å². The molecule has 0 unspecified atom stereocenters. The van der Waals surface area contributed by atoms with Gasteiger partial charge in [0.15, 0.2) is 0 Å². The lowest BCUT2D eigenvalue weighted by molar-refractivity contribution is -0.143. The molecule has 0 radical (unpaired) electrons. The highest BCUT2D eigenvalue weighted by Crippen LogP contribution is 2.11. The van der Waals surface area contributed by atoms with E-state index in [0.29, 0.717) is 6.61 Å². The summed E-state index contributed by atoms with van der Waals surface area (Å²) in [5, 5.41) is 2.44. The third-order valence-corrected chi connectivity index (χ3v) is 2.26. The van der Waals surface area contributed by atoms with E-state index in [1.54, 1.807) is 32.2 Å². The van der Waals surface area contributed by atoms with E-state index in [1.165, 1.54) is 6.08 Å². The van der Waals surface area contributed by atoms with Gasteiger partial charge in [-0.3, -0.25) is 9.59 Å². The second-order valence-electron chi connectivity index (χ2n) is 3.63. The fourth-order valence-electron chi connectivity index (χ4n) is 1.32. The average Bonchev–Trinajstić information content (AvgIpc) is 2.44. The fourth-order valence-corrected chi connectivity index (χ4v) is 1.32. The Hall–Kier alpha value is -2.30. The molecule has 19 heavy (non-hydrogen) atoms. The molecular weight excluding hydrogens is 246 g/mol. The van der Waals surface area contributed by atoms with Crippen LogP contribution in [0.25, 0.3) is 6.08 Å². The molecule has 102 valence electrons. The number of carbonyl (C=O) groups excluding carboxylic acids is 2. The van der Waals surface area contributed by atoms with Gasteiger partial charge in [-0.15, -0.1) is 0 Å². The Labute approximate surface area is 112 Å². The Kier molecular flexibility index (Phi) is 6.15. The molecule has 1 amide bonds. The number of nitrogens with one attached hydrogen (secondary N) is 1. The average molecular weight is 263 g/mol. The van der Waals surface area contributed by atoms with E-state index in [0.717, 1.165) is 11.3 Å². The summed E-state index contributed by atoms with van der Waals surface area (Å²) in [4.78, 5) is 22.4. The van der Waals surface area contributed by atoms with Crippen LogP contribution in [0, 0.1) is 0 Å². The van der Waals surface area contributed by atoms with Crippen LogP contribution < -0.4 is 10.1 Å². The third kappa shape index (κ3) is 5.72. The van der Waals surface area contributed by atoms with Crippen LogP contribution in [-0.2, 0) is 14.3 Å². The zero-order chi connectivity index (χ0) is 14.1. The van der Waals surface area contributed by atoms with Gasteiger partial charge < -0.3 is 14.8 Å². The Morgan fingerprint density at radius 3 is 2.53 bits per heavy atom. The lowest BCUT2D eigenvalue weighted by Gasteiger charge is -2.02. The van der Waals surface area contributed by atoms with E-state index in [9.17, 15) is 9.59 Å². The molecule has 1 rings (SSSR count). The van der Waals surface area contributed by atoms with Gasteiger partial charge in [-0.2, -0.15) is 0 Å². The zero-order valence-corrected chi connectivity index (χ0v) is 11.0. The van der Waals surface area contributed by atoms with Gasteiger partial charge in [0, 0.05) is 6.08 Å². The van der Waals surface area contributed by atoms with E-state index in [4.69, 9.17) is 4.74 Å². The third-order valence-electron chi connectivity index (χ3n) is 2.26. The fraction of sp³-hybridized carbons (Fsp3) is 0.286. The molecule has 0 saturated heterocycles. The van der Waals surface area contributed by atoms with Crippen LogP contribution in [0.2, 0.25) is 0 Å². The van der Waals surface area contributed by atoms with Crippen LogP contribution in [0.5, 0.6) is 5.75 Å². The van der Waals surface area contributed by atoms with Crippen molar-refractivity contribution >= 4 is 18.0 Å². The monoisotopic (exact) mass is 263 g/mol. The molecule has 0 heterocycles. The lowest BCUT2D eigenvalue weighted by Crippen LogP contribution is -2.29. The van der Waals surface area contributed by atoms with Crippen molar-refractivity contribution in [2.24, 2.45) is 0 Å². The normalized spacial score (nSPS) is 10.2. The van der Waals surface area contributed by atoms with Crippen LogP contribution in [0.1, 0.15) is 12.5 Å². The molecule has 0 aliphatic carbocycles. The SMILES string of the molecule is CCOC(=O)CNC(=O)/C=C/c1ccc(OC)cc1. The number of carbonyl (C=O) groups is 2. The van der Waals surface area contributed by atoms with Gasteiger partial charge in [-0.1, -0.05) is 12.1 Å². The van der Waals surface area contributed by atoms with Crippen molar-refractivity contribution < 1.29 is 19.1 Å². The maximum absolute atomic E-state index is 11.4. The van der Waals surface area contributed by atoms with Gasteiger partial charge in [-0.05, 0) is 30.7 Å². The molecule has 5 nitrogen and oxygen atoms in total. The minimum atomic E-state index is -0.450.